The Morgan fingerprint density at radius 2 is 1.52 bits per heavy atom. The number of benzene rings is 2. The first-order valence-electron chi connectivity index (χ1n) is 10.4. The zero-order chi connectivity index (χ0) is 20.1. The molecule has 150 valence electrons. The van der Waals surface area contributed by atoms with Crippen LogP contribution >= 0.6 is 23.2 Å². The lowest BCUT2D eigenvalue weighted by atomic mass is 9.90. The highest BCUT2D eigenvalue weighted by Gasteiger charge is 2.13. The number of piperidine rings is 1. The Labute approximate surface area is 176 Å². The third kappa shape index (κ3) is 8.68. The van der Waals surface area contributed by atoms with Gasteiger partial charge >= 0.3 is 0 Å². The second-order valence-corrected chi connectivity index (χ2v) is 7.30. The lowest BCUT2D eigenvalue weighted by Crippen LogP contribution is -2.28. The molecule has 1 saturated heterocycles. The molecule has 0 radical (unpaired) electrons. The molecule has 1 nitrogen and oxygen atoms in total. The molecule has 1 heterocycles. The predicted octanol–water partition coefficient (Wildman–Crippen LogP) is 7.37. The van der Waals surface area contributed by atoms with E-state index in [4.69, 9.17) is 23.2 Å². The van der Waals surface area contributed by atoms with Crippen molar-refractivity contribution in [2.45, 2.75) is 59.8 Å². The molecule has 1 aliphatic rings. The van der Waals surface area contributed by atoms with Crippen molar-refractivity contribution < 1.29 is 0 Å². The first-order valence-corrected chi connectivity index (χ1v) is 11.2. The van der Waals surface area contributed by atoms with E-state index in [1.54, 1.807) is 0 Å². The molecule has 2 aromatic carbocycles. The van der Waals surface area contributed by atoms with E-state index >= 15 is 0 Å². The highest BCUT2D eigenvalue weighted by molar-refractivity contribution is 6.35. The van der Waals surface area contributed by atoms with Gasteiger partial charge in [0, 0.05) is 10.0 Å². The summed E-state index contributed by atoms with van der Waals surface area (Å²) in [6.45, 7) is 10.3. The van der Waals surface area contributed by atoms with E-state index in [0.29, 0.717) is 5.02 Å². The minimum atomic E-state index is 0.697. The number of hydrogen-bond acceptors (Lipinski definition) is 1. The average molecular weight is 408 g/mol. The number of nitrogens with one attached hydrogen (secondary N) is 1. The van der Waals surface area contributed by atoms with E-state index in [1.165, 1.54) is 49.0 Å². The maximum Gasteiger partial charge on any atom is 0.0452 e. The maximum absolute atomic E-state index is 6.27. The molecule has 0 atom stereocenters. The minimum absolute atomic E-state index is 0.697. The standard InChI is InChI=1S/C20H23Cl2N.2C2H6/c21-19-7-6-18(20(22)14-19)5-4-15-2-1-3-17(12-15)13-16-8-10-23-11-9-16;2*1-2/h1-3,6-7,12,14,16,23H,4-5,8-11,13H2;2*1-2H3. The van der Waals surface area contributed by atoms with E-state index in [0.717, 1.165) is 23.8 Å². The maximum atomic E-state index is 6.27. The van der Waals surface area contributed by atoms with Crippen LogP contribution in [-0.2, 0) is 19.3 Å². The van der Waals surface area contributed by atoms with Crippen molar-refractivity contribution in [2.24, 2.45) is 5.92 Å². The number of rotatable bonds is 5. The fourth-order valence-electron chi connectivity index (χ4n) is 3.33. The quantitative estimate of drug-likeness (QED) is 0.544. The van der Waals surface area contributed by atoms with E-state index in [2.05, 4.69) is 29.6 Å². The summed E-state index contributed by atoms with van der Waals surface area (Å²) in [5, 5.41) is 4.90. The van der Waals surface area contributed by atoms with E-state index < -0.39 is 0 Å². The van der Waals surface area contributed by atoms with Gasteiger partial charge in [-0.15, -0.1) is 0 Å². The zero-order valence-corrected chi connectivity index (χ0v) is 18.8. The van der Waals surface area contributed by atoms with Gasteiger partial charge in [0.05, 0.1) is 0 Å². The normalized spacial score (nSPS) is 13.9. The van der Waals surface area contributed by atoms with Crippen LogP contribution in [0.2, 0.25) is 10.0 Å². The van der Waals surface area contributed by atoms with E-state index in [1.807, 2.05) is 45.9 Å². The second-order valence-electron chi connectivity index (χ2n) is 6.45. The molecule has 1 aliphatic heterocycles. The molecule has 3 heteroatoms. The van der Waals surface area contributed by atoms with Crippen molar-refractivity contribution in [1.29, 1.82) is 0 Å². The van der Waals surface area contributed by atoms with Gasteiger partial charge in [-0.05, 0) is 79.9 Å². The summed E-state index contributed by atoms with van der Waals surface area (Å²) in [6.07, 6.45) is 5.76. The summed E-state index contributed by atoms with van der Waals surface area (Å²) in [6, 6.07) is 14.8. The summed E-state index contributed by atoms with van der Waals surface area (Å²) >= 11 is 12.2. The molecular formula is C24H35Cl2N. The summed E-state index contributed by atoms with van der Waals surface area (Å²) in [4.78, 5) is 0. The average Bonchev–Trinajstić information content (AvgIpc) is 2.71. The Balaban J connectivity index is 0.000000855. The van der Waals surface area contributed by atoms with Crippen molar-refractivity contribution in [2.75, 3.05) is 13.1 Å². The SMILES string of the molecule is CC.CC.Clc1ccc(CCc2cccc(CC3CCNCC3)c2)c(Cl)c1. The summed E-state index contributed by atoms with van der Waals surface area (Å²) in [5.74, 6) is 0.831. The third-order valence-corrected chi connectivity index (χ3v) is 5.26. The highest BCUT2D eigenvalue weighted by Crippen LogP contribution is 2.23. The molecule has 0 saturated carbocycles. The molecule has 0 aromatic heterocycles. The molecule has 27 heavy (non-hydrogen) atoms. The molecule has 0 amide bonds. The van der Waals surface area contributed by atoms with Gasteiger partial charge in [0.15, 0.2) is 0 Å². The Hall–Kier alpha value is -1.02. The predicted molar refractivity (Wildman–Crippen MR) is 122 cm³/mol. The van der Waals surface area contributed by atoms with Crippen molar-refractivity contribution in [1.82, 2.24) is 5.32 Å². The topological polar surface area (TPSA) is 12.0 Å². The van der Waals surface area contributed by atoms with Crippen LogP contribution in [-0.4, -0.2) is 13.1 Å². The van der Waals surface area contributed by atoms with Crippen LogP contribution in [0, 0.1) is 5.92 Å². The van der Waals surface area contributed by atoms with Crippen LogP contribution in [0.5, 0.6) is 0 Å². The van der Waals surface area contributed by atoms with Crippen LogP contribution < -0.4 is 5.32 Å². The lowest BCUT2D eigenvalue weighted by molar-refractivity contribution is 0.372. The van der Waals surface area contributed by atoms with Gasteiger partial charge < -0.3 is 5.32 Å². The first kappa shape index (κ1) is 24.0. The van der Waals surface area contributed by atoms with E-state index in [9.17, 15) is 0 Å². The van der Waals surface area contributed by atoms with Crippen molar-refractivity contribution in [3.63, 3.8) is 0 Å². The van der Waals surface area contributed by atoms with Crippen LogP contribution in [0.3, 0.4) is 0 Å². The number of aryl methyl sites for hydroxylation is 2. The monoisotopic (exact) mass is 407 g/mol. The fourth-order valence-corrected chi connectivity index (χ4v) is 3.84. The van der Waals surface area contributed by atoms with Crippen molar-refractivity contribution >= 4 is 23.2 Å². The van der Waals surface area contributed by atoms with Crippen LogP contribution in [0.1, 0.15) is 57.2 Å². The van der Waals surface area contributed by atoms with Gasteiger partial charge in [-0.25, -0.2) is 0 Å². The first-order chi connectivity index (χ1) is 13.2. The van der Waals surface area contributed by atoms with E-state index in [-0.39, 0.29) is 0 Å². The van der Waals surface area contributed by atoms with Crippen molar-refractivity contribution in [3.05, 3.63) is 69.2 Å². The zero-order valence-electron chi connectivity index (χ0n) is 17.3. The molecule has 1 N–H and O–H groups in total. The smallest absolute Gasteiger partial charge is 0.0452 e. The Kier molecular flexibility index (Phi) is 12.5. The Morgan fingerprint density at radius 1 is 0.852 bits per heavy atom. The molecule has 2 aromatic rings. The molecule has 1 fully saturated rings. The van der Waals surface area contributed by atoms with Gasteiger partial charge in [0.2, 0.25) is 0 Å². The number of halogens is 2. The van der Waals surface area contributed by atoms with Crippen LogP contribution in [0.15, 0.2) is 42.5 Å². The molecule has 0 aliphatic carbocycles. The van der Waals surface area contributed by atoms with Crippen LogP contribution in [0.25, 0.3) is 0 Å². The Bertz CT molecular complexity index is 649. The molecule has 0 bridgehead atoms. The number of hydrogen-bond donors (Lipinski definition) is 1. The van der Waals surface area contributed by atoms with Gasteiger partial charge in [0.1, 0.15) is 0 Å². The second kappa shape index (κ2) is 14.0. The van der Waals surface area contributed by atoms with Crippen LogP contribution in [0.4, 0.5) is 0 Å². The van der Waals surface area contributed by atoms with Crippen molar-refractivity contribution in [3.8, 4) is 0 Å². The lowest BCUT2D eigenvalue weighted by Gasteiger charge is -2.22. The fraction of sp³-hybridized carbons (Fsp3) is 0.500. The van der Waals surface area contributed by atoms with Gasteiger partial charge in [0.25, 0.3) is 0 Å². The molecule has 0 spiro atoms. The Morgan fingerprint density at radius 3 is 2.19 bits per heavy atom. The van der Waals surface area contributed by atoms with Gasteiger partial charge in [-0.1, -0.05) is 81.2 Å². The third-order valence-electron chi connectivity index (χ3n) is 4.67. The van der Waals surface area contributed by atoms with Gasteiger partial charge in [-0.3, -0.25) is 0 Å². The summed E-state index contributed by atoms with van der Waals surface area (Å²) in [7, 11) is 0. The minimum Gasteiger partial charge on any atom is -0.317 e. The summed E-state index contributed by atoms with van der Waals surface area (Å²) < 4.78 is 0. The molecular weight excluding hydrogens is 373 g/mol. The largest absolute Gasteiger partial charge is 0.317 e. The van der Waals surface area contributed by atoms with Gasteiger partial charge in [-0.2, -0.15) is 0 Å². The molecule has 3 rings (SSSR count). The summed E-state index contributed by atoms with van der Waals surface area (Å²) in [5.41, 5.74) is 4.03. The highest BCUT2D eigenvalue weighted by atomic mass is 35.5. The molecule has 0 unspecified atom stereocenters.